The molecule has 17 heavy (non-hydrogen) atoms. The van der Waals surface area contributed by atoms with Gasteiger partial charge in [-0.1, -0.05) is 13.0 Å². The topological polar surface area (TPSA) is 15.3 Å². The van der Waals surface area contributed by atoms with Crippen molar-refractivity contribution < 1.29 is 4.39 Å². The molecule has 1 atom stereocenters. The van der Waals surface area contributed by atoms with Crippen molar-refractivity contribution in [3.05, 3.63) is 34.1 Å². The Morgan fingerprint density at radius 2 is 2.12 bits per heavy atom. The Labute approximate surface area is 110 Å². The normalized spacial score (nSPS) is 19.2. The van der Waals surface area contributed by atoms with Crippen LogP contribution in [0.5, 0.6) is 0 Å². The molecule has 1 N–H and O–H groups in total. The van der Waals surface area contributed by atoms with Crippen LogP contribution >= 0.6 is 15.9 Å². The maximum absolute atomic E-state index is 13.6. The predicted molar refractivity (Wildman–Crippen MR) is 71.6 cm³/mol. The smallest absolute Gasteiger partial charge is 0.137 e. The maximum atomic E-state index is 13.6. The van der Waals surface area contributed by atoms with E-state index in [2.05, 4.69) is 33.1 Å². The SMILES string of the molecule is CC[C@H](c1ccc(Br)c(F)c1)N1CCNCC1. The number of benzene rings is 1. The first-order valence-corrected chi connectivity index (χ1v) is 6.91. The summed E-state index contributed by atoms with van der Waals surface area (Å²) < 4.78 is 14.1. The molecule has 0 aromatic heterocycles. The van der Waals surface area contributed by atoms with E-state index in [4.69, 9.17) is 0 Å². The van der Waals surface area contributed by atoms with Gasteiger partial charge < -0.3 is 5.32 Å². The lowest BCUT2D eigenvalue weighted by Crippen LogP contribution is -2.45. The molecule has 0 aliphatic carbocycles. The van der Waals surface area contributed by atoms with Crippen LogP contribution in [0.15, 0.2) is 22.7 Å². The van der Waals surface area contributed by atoms with Gasteiger partial charge in [0.05, 0.1) is 4.47 Å². The Morgan fingerprint density at radius 3 is 2.71 bits per heavy atom. The zero-order valence-corrected chi connectivity index (χ0v) is 11.6. The number of hydrogen-bond acceptors (Lipinski definition) is 2. The summed E-state index contributed by atoms with van der Waals surface area (Å²) >= 11 is 3.20. The zero-order valence-electron chi connectivity index (χ0n) is 10.0. The van der Waals surface area contributed by atoms with Crippen LogP contribution in [-0.4, -0.2) is 31.1 Å². The number of hydrogen-bond donors (Lipinski definition) is 1. The Hall–Kier alpha value is -0.450. The van der Waals surface area contributed by atoms with Crippen LogP contribution in [0.25, 0.3) is 0 Å². The number of piperazine rings is 1. The molecule has 4 heteroatoms. The van der Waals surface area contributed by atoms with Crippen molar-refractivity contribution in [1.29, 1.82) is 0 Å². The van der Waals surface area contributed by atoms with E-state index < -0.39 is 0 Å². The monoisotopic (exact) mass is 300 g/mol. The van der Waals surface area contributed by atoms with E-state index in [9.17, 15) is 4.39 Å². The van der Waals surface area contributed by atoms with E-state index in [0.29, 0.717) is 10.5 Å². The van der Waals surface area contributed by atoms with Gasteiger partial charge in [0.1, 0.15) is 5.82 Å². The molecular weight excluding hydrogens is 283 g/mol. The first kappa shape index (κ1) is 13.0. The number of rotatable bonds is 3. The lowest BCUT2D eigenvalue weighted by molar-refractivity contribution is 0.169. The van der Waals surface area contributed by atoms with Crippen LogP contribution in [0.4, 0.5) is 4.39 Å². The van der Waals surface area contributed by atoms with Crippen LogP contribution in [0, 0.1) is 5.82 Å². The molecule has 2 rings (SSSR count). The fourth-order valence-corrected chi connectivity index (χ4v) is 2.66. The minimum atomic E-state index is -0.170. The molecule has 0 unspecified atom stereocenters. The minimum absolute atomic E-state index is 0.170. The highest BCUT2D eigenvalue weighted by molar-refractivity contribution is 9.10. The first-order valence-electron chi connectivity index (χ1n) is 6.12. The lowest BCUT2D eigenvalue weighted by Gasteiger charge is -2.34. The summed E-state index contributed by atoms with van der Waals surface area (Å²) in [6, 6.07) is 5.80. The second kappa shape index (κ2) is 5.94. The Morgan fingerprint density at radius 1 is 1.41 bits per heavy atom. The van der Waals surface area contributed by atoms with Gasteiger partial charge in [-0.25, -0.2) is 4.39 Å². The third-order valence-corrected chi connectivity index (χ3v) is 3.95. The summed E-state index contributed by atoms with van der Waals surface area (Å²) in [5.41, 5.74) is 1.08. The fourth-order valence-electron chi connectivity index (χ4n) is 2.42. The predicted octanol–water partition coefficient (Wildman–Crippen LogP) is 2.94. The van der Waals surface area contributed by atoms with E-state index in [1.165, 1.54) is 0 Å². The average molecular weight is 301 g/mol. The third kappa shape index (κ3) is 3.06. The van der Waals surface area contributed by atoms with Crippen molar-refractivity contribution in [2.45, 2.75) is 19.4 Å². The standard InChI is InChI=1S/C13H18BrFN2/c1-2-13(17-7-5-16-6-8-17)10-3-4-11(14)12(15)9-10/h3-4,9,13,16H,2,5-8H2,1H3/t13-/m1/s1. The van der Waals surface area contributed by atoms with Gasteiger partial charge in [0.25, 0.3) is 0 Å². The van der Waals surface area contributed by atoms with Crippen molar-refractivity contribution in [2.75, 3.05) is 26.2 Å². The van der Waals surface area contributed by atoms with E-state index >= 15 is 0 Å². The van der Waals surface area contributed by atoms with Gasteiger partial charge in [-0.2, -0.15) is 0 Å². The molecule has 1 aromatic rings. The third-order valence-electron chi connectivity index (χ3n) is 3.31. The van der Waals surface area contributed by atoms with Gasteiger partial charge in [0.2, 0.25) is 0 Å². The molecule has 1 aliphatic heterocycles. The van der Waals surface area contributed by atoms with Crippen LogP contribution < -0.4 is 5.32 Å². The van der Waals surface area contributed by atoms with Crippen molar-refractivity contribution in [3.63, 3.8) is 0 Å². The molecule has 0 amide bonds. The summed E-state index contributed by atoms with van der Waals surface area (Å²) in [5, 5.41) is 3.34. The molecule has 94 valence electrons. The molecule has 0 radical (unpaired) electrons. The summed E-state index contributed by atoms with van der Waals surface area (Å²) in [4.78, 5) is 2.43. The molecule has 1 aliphatic rings. The van der Waals surface area contributed by atoms with E-state index in [-0.39, 0.29) is 5.82 Å². The summed E-state index contributed by atoms with van der Waals surface area (Å²) in [6.45, 7) is 6.28. The van der Waals surface area contributed by atoms with Crippen molar-refractivity contribution in [3.8, 4) is 0 Å². The van der Waals surface area contributed by atoms with Crippen molar-refractivity contribution in [2.24, 2.45) is 0 Å². The molecule has 1 aromatic carbocycles. The highest BCUT2D eigenvalue weighted by Crippen LogP contribution is 2.27. The van der Waals surface area contributed by atoms with Gasteiger partial charge >= 0.3 is 0 Å². The number of nitrogens with one attached hydrogen (secondary N) is 1. The number of halogens is 2. The highest BCUT2D eigenvalue weighted by Gasteiger charge is 2.21. The van der Waals surface area contributed by atoms with E-state index in [1.807, 2.05) is 6.07 Å². The molecular formula is C13H18BrFN2. The van der Waals surface area contributed by atoms with Gasteiger partial charge in [-0.3, -0.25) is 4.90 Å². The lowest BCUT2D eigenvalue weighted by atomic mass is 10.0. The summed E-state index contributed by atoms with van der Waals surface area (Å²) in [6.07, 6.45) is 1.01. The Balaban J connectivity index is 2.18. The minimum Gasteiger partial charge on any atom is -0.314 e. The van der Waals surface area contributed by atoms with E-state index in [0.717, 1.165) is 38.2 Å². The largest absolute Gasteiger partial charge is 0.314 e. The van der Waals surface area contributed by atoms with Crippen LogP contribution in [-0.2, 0) is 0 Å². The molecule has 1 fully saturated rings. The van der Waals surface area contributed by atoms with Crippen molar-refractivity contribution >= 4 is 15.9 Å². The second-order valence-corrected chi connectivity index (χ2v) is 5.24. The molecule has 0 spiro atoms. The van der Waals surface area contributed by atoms with Gasteiger partial charge in [-0.15, -0.1) is 0 Å². The molecule has 0 bridgehead atoms. The molecule has 1 saturated heterocycles. The maximum Gasteiger partial charge on any atom is 0.137 e. The average Bonchev–Trinajstić information content (AvgIpc) is 2.36. The second-order valence-electron chi connectivity index (χ2n) is 4.38. The van der Waals surface area contributed by atoms with E-state index in [1.54, 1.807) is 12.1 Å². The molecule has 1 heterocycles. The molecule has 0 saturated carbocycles. The quantitative estimate of drug-likeness (QED) is 0.923. The van der Waals surface area contributed by atoms with Gasteiger partial charge in [-0.05, 0) is 40.0 Å². The summed E-state index contributed by atoms with van der Waals surface area (Å²) in [5.74, 6) is -0.170. The zero-order chi connectivity index (χ0) is 12.3. The van der Waals surface area contributed by atoms with Crippen molar-refractivity contribution in [1.82, 2.24) is 10.2 Å². The number of nitrogens with zero attached hydrogens (tertiary/aromatic N) is 1. The Bertz CT molecular complexity index is 378. The van der Waals surface area contributed by atoms with Crippen LogP contribution in [0.3, 0.4) is 0 Å². The molecule has 2 nitrogen and oxygen atoms in total. The van der Waals surface area contributed by atoms with Gasteiger partial charge in [0.15, 0.2) is 0 Å². The Kier molecular flexibility index (Phi) is 4.54. The van der Waals surface area contributed by atoms with Crippen LogP contribution in [0.2, 0.25) is 0 Å². The van der Waals surface area contributed by atoms with Crippen LogP contribution in [0.1, 0.15) is 24.9 Å². The fraction of sp³-hybridized carbons (Fsp3) is 0.538. The first-order chi connectivity index (χ1) is 8.22. The summed E-state index contributed by atoms with van der Waals surface area (Å²) in [7, 11) is 0. The van der Waals surface area contributed by atoms with Gasteiger partial charge in [0, 0.05) is 32.2 Å². The highest BCUT2D eigenvalue weighted by atomic mass is 79.9.